The zero-order valence-corrected chi connectivity index (χ0v) is 25.2. The largest absolute Gasteiger partial charge is 0.384 e. The molecular formula is C34H44N6O4. The molecule has 5 rings (SSSR count). The number of nitrogens with two attached hydrogens (primary N) is 1. The molecule has 4 aromatic rings. The van der Waals surface area contributed by atoms with Gasteiger partial charge in [-0.2, -0.15) is 0 Å². The monoisotopic (exact) mass is 600 g/mol. The molecule has 0 radical (unpaired) electrons. The highest BCUT2D eigenvalue weighted by molar-refractivity contribution is 5.80. The van der Waals surface area contributed by atoms with Gasteiger partial charge < -0.3 is 29.9 Å². The summed E-state index contributed by atoms with van der Waals surface area (Å²) in [5.41, 5.74) is 8.95. The van der Waals surface area contributed by atoms with E-state index in [-0.39, 0.29) is 13.5 Å². The first-order chi connectivity index (χ1) is 21.6. The predicted molar refractivity (Wildman–Crippen MR) is 167 cm³/mol. The van der Waals surface area contributed by atoms with Crippen LogP contribution in [0.4, 0.5) is 0 Å². The molecule has 234 valence electrons. The van der Waals surface area contributed by atoms with E-state index < -0.39 is 24.1 Å². The molecule has 0 saturated heterocycles. The predicted octanol–water partition coefficient (Wildman–Crippen LogP) is 4.73. The maximum atomic E-state index is 13.1. The molecule has 1 saturated carbocycles. The summed E-state index contributed by atoms with van der Waals surface area (Å²) in [5, 5.41) is 12.1. The number of aromatic nitrogens is 4. The molecule has 44 heavy (non-hydrogen) atoms. The Hall–Kier alpha value is -3.83. The number of aromatic amines is 1. The van der Waals surface area contributed by atoms with Gasteiger partial charge in [0, 0.05) is 36.7 Å². The highest BCUT2D eigenvalue weighted by Crippen LogP contribution is 2.34. The smallest absolute Gasteiger partial charge is 0.235 e. The summed E-state index contributed by atoms with van der Waals surface area (Å²) in [4.78, 5) is 26.9. The van der Waals surface area contributed by atoms with Crippen molar-refractivity contribution in [2.24, 2.45) is 11.7 Å². The number of hydrogen-bond acceptors (Lipinski definition) is 7. The summed E-state index contributed by atoms with van der Waals surface area (Å²) in [7, 11) is 0. The van der Waals surface area contributed by atoms with Crippen molar-refractivity contribution < 1.29 is 19.4 Å². The van der Waals surface area contributed by atoms with Crippen LogP contribution in [0.5, 0.6) is 0 Å². The third-order valence-electron chi connectivity index (χ3n) is 8.49. The molecule has 10 heteroatoms. The summed E-state index contributed by atoms with van der Waals surface area (Å²) in [6.45, 7) is 1.14. The molecule has 1 fully saturated rings. The van der Waals surface area contributed by atoms with Crippen molar-refractivity contribution >= 4 is 5.91 Å². The van der Waals surface area contributed by atoms with E-state index in [0.717, 1.165) is 42.5 Å². The van der Waals surface area contributed by atoms with Gasteiger partial charge in [0.1, 0.15) is 25.4 Å². The van der Waals surface area contributed by atoms with Gasteiger partial charge in [0.05, 0.1) is 25.6 Å². The molecular weight excluding hydrogens is 556 g/mol. The number of ether oxygens (including phenoxy) is 2. The molecule has 0 spiro atoms. The van der Waals surface area contributed by atoms with Crippen LogP contribution in [-0.2, 0) is 40.6 Å². The van der Waals surface area contributed by atoms with E-state index in [2.05, 4.69) is 15.0 Å². The van der Waals surface area contributed by atoms with Crippen molar-refractivity contribution in [2.45, 2.75) is 83.1 Å². The van der Waals surface area contributed by atoms with Crippen molar-refractivity contribution in [1.82, 2.24) is 24.4 Å². The van der Waals surface area contributed by atoms with Crippen LogP contribution in [0.3, 0.4) is 0 Å². The van der Waals surface area contributed by atoms with Crippen molar-refractivity contribution in [1.29, 1.82) is 0 Å². The first-order valence-electron chi connectivity index (χ1n) is 15.5. The second-order valence-electron chi connectivity index (χ2n) is 11.6. The minimum absolute atomic E-state index is 0.107. The molecule has 4 N–H and O–H groups in total. The van der Waals surface area contributed by atoms with Crippen LogP contribution in [0.25, 0.3) is 0 Å². The van der Waals surface area contributed by atoms with Gasteiger partial charge in [-0.05, 0) is 23.5 Å². The summed E-state index contributed by atoms with van der Waals surface area (Å²) in [6.07, 6.45) is 12.5. The van der Waals surface area contributed by atoms with Crippen molar-refractivity contribution in [3.63, 3.8) is 0 Å². The Labute approximate surface area is 259 Å². The van der Waals surface area contributed by atoms with Crippen molar-refractivity contribution in [3.8, 4) is 0 Å². The molecule has 2 heterocycles. The van der Waals surface area contributed by atoms with Gasteiger partial charge in [-0.25, -0.2) is 9.97 Å². The fraction of sp³-hybridized carbons (Fsp3) is 0.441. The molecule has 2 aromatic heterocycles. The lowest BCUT2D eigenvalue weighted by Crippen LogP contribution is -2.54. The third-order valence-corrected chi connectivity index (χ3v) is 8.49. The maximum absolute atomic E-state index is 13.1. The number of nitrogens with zero attached hydrogens (tertiary/aromatic N) is 4. The first-order valence-corrected chi connectivity index (χ1v) is 15.5. The van der Waals surface area contributed by atoms with Crippen LogP contribution >= 0.6 is 0 Å². The van der Waals surface area contributed by atoms with E-state index in [9.17, 15) is 9.90 Å². The fourth-order valence-electron chi connectivity index (χ4n) is 6.16. The van der Waals surface area contributed by atoms with Gasteiger partial charge in [-0.15, -0.1) is 0 Å². The highest BCUT2D eigenvalue weighted by Gasteiger charge is 2.38. The zero-order chi connectivity index (χ0) is 30.6. The number of imidazole rings is 2. The average molecular weight is 601 g/mol. The second kappa shape index (κ2) is 16.3. The summed E-state index contributed by atoms with van der Waals surface area (Å²) >= 11 is 0. The molecule has 1 aliphatic rings. The second-order valence-corrected chi connectivity index (χ2v) is 11.6. The van der Waals surface area contributed by atoms with Crippen LogP contribution in [-0.4, -0.2) is 54.2 Å². The van der Waals surface area contributed by atoms with Gasteiger partial charge in [0.15, 0.2) is 0 Å². The SMILES string of the molecule is NC(=O)[C@H](Cc1cnc[nH]1)N(COCc1ccccc1)[C@@H](CC1CCCCC1)[C@@H](O)c1nccn1COCc1ccccc1. The Kier molecular flexibility index (Phi) is 11.7. The topological polar surface area (TPSA) is 132 Å². The number of carbonyl (C=O) groups is 1. The number of primary amides is 1. The minimum atomic E-state index is -1.02. The van der Waals surface area contributed by atoms with Crippen LogP contribution in [0.1, 0.15) is 67.3 Å². The zero-order valence-electron chi connectivity index (χ0n) is 25.2. The van der Waals surface area contributed by atoms with E-state index >= 15 is 0 Å². The summed E-state index contributed by atoms with van der Waals surface area (Å²) < 4.78 is 14.1. The van der Waals surface area contributed by atoms with E-state index in [1.165, 1.54) is 6.42 Å². The molecule has 1 amide bonds. The normalized spacial score (nSPS) is 16.1. The molecule has 0 unspecified atom stereocenters. The Morgan fingerprint density at radius 1 is 1.02 bits per heavy atom. The number of amides is 1. The van der Waals surface area contributed by atoms with Crippen LogP contribution in [0.15, 0.2) is 85.6 Å². The molecule has 0 bridgehead atoms. The number of rotatable bonds is 17. The number of hydrogen-bond donors (Lipinski definition) is 3. The van der Waals surface area contributed by atoms with Gasteiger partial charge in [0.2, 0.25) is 5.91 Å². The molecule has 10 nitrogen and oxygen atoms in total. The standard InChI is InChI=1S/C34H44N6O4/c35-33(42)31(19-29-20-36-23-38-29)40(25-44-22-28-14-8-3-9-15-28)30(18-26-10-4-1-5-11-26)32(41)34-37-16-17-39(34)24-43-21-27-12-6-2-7-13-27/h2-3,6-9,12-17,20,23,26,30-32,41H,1,4-5,10-11,18-19,21-22,24-25H2,(H2,35,42)(H,36,38)/t30-,31-,32+/m0/s1. The number of nitrogens with one attached hydrogen (secondary N) is 1. The van der Waals surface area contributed by atoms with E-state index in [1.54, 1.807) is 18.7 Å². The Bertz CT molecular complexity index is 1380. The van der Waals surface area contributed by atoms with Gasteiger partial charge in [0.25, 0.3) is 0 Å². The summed E-state index contributed by atoms with van der Waals surface area (Å²) in [5.74, 6) is 0.397. The quantitative estimate of drug-likeness (QED) is 0.149. The summed E-state index contributed by atoms with van der Waals surface area (Å²) in [6, 6.07) is 18.6. The lowest BCUT2D eigenvalue weighted by atomic mass is 9.82. The maximum Gasteiger partial charge on any atom is 0.235 e. The van der Waals surface area contributed by atoms with Crippen LogP contribution < -0.4 is 5.73 Å². The number of aliphatic hydroxyl groups excluding tert-OH is 1. The number of H-pyrrole nitrogens is 1. The van der Waals surface area contributed by atoms with Crippen LogP contribution in [0, 0.1) is 5.92 Å². The van der Waals surface area contributed by atoms with Gasteiger partial charge in [-0.3, -0.25) is 9.69 Å². The van der Waals surface area contributed by atoms with E-state index in [4.69, 9.17) is 15.2 Å². The Morgan fingerprint density at radius 3 is 2.34 bits per heavy atom. The molecule has 0 aliphatic heterocycles. The fourth-order valence-corrected chi connectivity index (χ4v) is 6.16. The van der Waals surface area contributed by atoms with E-state index in [0.29, 0.717) is 37.8 Å². The molecule has 3 atom stereocenters. The highest BCUT2D eigenvalue weighted by atomic mass is 16.5. The number of carbonyl (C=O) groups excluding carboxylic acids is 1. The van der Waals surface area contributed by atoms with Gasteiger partial charge in [-0.1, -0.05) is 92.8 Å². The molecule has 1 aliphatic carbocycles. The lowest BCUT2D eigenvalue weighted by molar-refractivity contribution is -0.132. The van der Waals surface area contributed by atoms with Gasteiger partial charge >= 0.3 is 0 Å². The average Bonchev–Trinajstić information content (AvgIpc) is 3.75. The Balaban J connectivity index is 1.41. The number of aliphatic hydroxyl groups is 1. The van der Waals surface area contributed by atoms with Crippen molar-refractivity contribution in [3.05, 3.63) is 108 Å². The van der Waals surface area contributed by atoms with Crippen molar-refractivity contribution in [2.75, 3.05) is 6.73 Å². The van der Waals surface area contributed by atoms with E-state index in [1.807, 2.05) is 76.3 Å². The van der Waals surface area contributed by atoms with Crippen LogP contribution in [0.2, 0.25) is 0 Å². The Morgan fingerprint density at radius 2 is 1.70 bits per heavy atom. The number of benzene rings is 2. The first kappa shape index (κ1) is 31.6. The lowest BCUT2D eigenvalue weighted by Gasteiger charge is -2.40. The molecule has 2 aromatic carbocycles. The third kappa shape index (κ3) is 8.86. The minimum Gasteiger partial charge on any atom is -0.384 e.